The molecule has 2 N–H and O–H groups in total. The highest BCUT2D eigenvalue weighted by atomic mass is 35.5. The van der Waals surface area contributed by atoms with Gasteiger partial charge in [-0.05, 0) is 35.4 Å². The Morgan fingerprint density at radius 3 is 2.48 bits per heavy atom. The molecule has 0 bridgehead atoms. The van der Waals surface area contributed by atoms with Crippen LogP contribution in [0.15, 0.2) is 64.0 Å². The number of phenolic OH excluding ortho intramolecular Hbond substituents is 2. The summed E-state index contributed by atoms with van der Waals surface area (Å²) in [5.41, 5.74) is 1.62. The topological polar surface area (TPSA) is 106 Å². The first-order chi connectivity index (χ1) is 15.9. The van der Waals surface area contributed by atoms with E-state index in [2.05, 4.69) is 0 Å². The van der Waals surface area contributed by atoms with E-state index >= 15 is 0 Å². The summed E-state index contributed by atoms with van der Waals surface area (Å²) in [7, 11) is 1.55. The maximum absolute atomic E-state index is 13.4. The van der Waals surface area contributed by atoms with Gasteiger partial charge in [0, 0.05) is 17.5 Å². The van der Waals surface area contributed by atoms with E-state index < -0.39 is 17.3 Å². The van der Waals surface area contributed by atoms with Crippen molar-refractivity contribution in [2.24, 2.45) is 0 Å². The second-order valence-electron chi connectivity index (χ2n) is 7.66. The van der Waals surface area contributed by atoms with Gasteiger partial charge in [0.15, 0.2) is 0 Å². The number of rotatable bonds is 3. The van der Waals surface area contributed by atoms with E-state index in [1.165, 1.54) is 18.4 Å². The lowest BCUT2D eigenvalue weighted by atomic mass is 9.85. The molecule has 166 valence electrons. The van der Waals surface area contributed by atoms with Gasteiger partial charge in [-0.2, -0.15) is 0 Å². The Hall–Kier alpha value is -3.97. The highest BCUT2D eigenvalue weighted by Crippen LogP contribution is 2.46. The van der Waals surface area contributed by atoms with Crippen molar-refractivity contribution in [1.82, 2.24) is 0 Å². The molecule has 0 saturated carbocycles. The highest BCUT2D eigenvalue weighted by Gasteiger charge is 2.34. The van der Waals surface area contributed by atoms with Gasteiger partial charge in [-0.15, -0.1) is 0 Å². The molecule has 8 heteroatoms. The summed E-state index contributed by atoms with van der Waals surface area (Å²) < 4.78 is 16.4. The Morgan fingerprint density at radius 1 is 1.03 bits per heavy atom. The SMILES string of the molecule is COc1ccc(-c2coc3c4c(cc(O)c3c2=O)OC(=O)C[C@H]4c2ccc(O)c(Cl)c2)cc1. The number of ether oxygens (including phenoxy) is 2. The number of methoxy groups -OCH3 is 1. The lowest BCUT2D eigenvalue weighted by molar-refractivity contribution is -0.135. The van der Waals surface area contributed by atoms with Gasteiger partial charge in [0.1, 0.15) is 40.2 Å². The number of fused-ring (bicyclic) bond motifs is 3. The van der Waals surface area contributed by atoms with Gasteiger partial charge < -0.3 is 24.1 Å². The van der Waals surface area contributed by atoms with E-state index in [-0.39, 0.29) is 45.2 Å². The van der Waals surface area contributed by atoms with Gasteiger partial charge in [-0.1, -0.05) is 29.8 Å². The third kappa shape index (κ3) is 3.47. The Balaban J connectivity index is 1.74. The van der Waals surface area contributed by atoms with Gasteiger partial charge in [0.05, 0.1) is 24.1 Å². The lowest BCUT2D eigenvalue weighted by Crippen LogP contribution is -2.22. The number of aromatic hydroxyl groups is 2. The third-order valence-corrected chi connectivity index (χ3v) is 6.05. The van der Waals surface area contributed by atoms with E-state index in [1.54, 1.807) is 43.5 Å². The maximum atomic E-state index is 13.4. The number of esters is 1. The summed E-state index contributed by atoms with van der Waals surface area (Å²) in [6, 6.07) is 12.7. The van der Waals surface area contributed by atoms with E-state index in [4.69, 9.17) is 25.5 Å². The molecule has 1 aromatic heterocycles. The quantitative estimate of drug-likeness (QED) is 0.325. The molecular weight excluding hydrogens is 448 g/mol. The van der Waals surface area contributed by atoms with Gasteiger partial charge in [-0.3, -0.25) is 9.59 Å². The molecule has 0 aliphatic carbocycles. The van der Waals surface area contributed by atoms with Crippen LogP contribution in [0.1, 0.15) is 23.5 Å². The zero-order valence-electron chi connectivity index (χ0n) is 17.3. The molecule has 2 heterocycles. The Bertz CT molecular complexity index is 1470. The van der Waals surface area contributed by atoms with Crippen molar-refractivity contribution in [1.29, 1.82) is 0 Å². The standard InChI is InChI=1S/C25H17ClO7/c1-31-14-5-2-12(3-6-14)16-11-32-25-22-15(13-4-7-18(27)17(26)8-13)9-21(29)33-20(22)10-19(28)23(25)24(16)30/h2-8,10-11,15,27-28H,9H2,1H3/t15-/m0/s1. The van der Waals surface area contributed by atoms with Crippen LogP contribution >= 0.6 is 11.6 Å². The summed E-state index contributed by atoms with van der Waals surface area (Å²) in [5, 5.41) is 20.5. The van der Waals surface area contributed by atoms with Crippen molar-refractivity contribution in [2.45, 2.75) is 12.3 Å². The number of carbonyl (C=O) groups excluding carboxylic acids is 1. The van der Waals surface area contributed by atoms with Crippen LogP contribution < -0.4 is 14.9 Å². The molecule has 0 spiro atoms. The number of carbonyl (C=O) groups is 1. The van der Waals surface area contributed by atoms with Gasteiger partial charge >= 0.3 is 5.97 Å². The van der Waals surface area contributed by atoms with Crippen molar-refractivity contribution in [2.75, 3.05) is 7.11 Å². The first-order valence-electron chi connectivity index (χ1n) is 10.0. The molecule has 0 radical (unpaired) electrons. The number of hydrogen-bond acceptors (Lipinski definition) is 7. The smallest absolute Gasteiger partial charge is 0.312 e. The zero-order valence-corrected chi connectivity index (χ0v) is 18.1. The minimum atomic E-state index is -0.558. The second-order valence-corrected chi connectivity index (χ2v) is 8.07. The fourth-order valence-electron chi connectivity index (χ4n) is 4.13. The normalized spacial score (nSPS) is 15.2. The number of hydrogen-bond donors (Lipinski definition) is 2. The molecular formula is C25H17ClO7. The second kappa shape index (κ2) is 7.86. The van der Waals surface area contributed by atoms with Crippen molar-refractivity contribution >= 4 is 28.5 Å². The average molecular weight is 465 g/mol. The molecule has 33 heavy (non-hydrogen) atoms. The fraction of sp³-hybridized carbons (Fsp3) is 0.120. The lowest BCUT2D eigenvalue weighted by Gasteiger charge is -2.26. The van der Waals surface area contributed by atoms with Crippen LogP contribution in [0.5, 0.6) is 23.0 Å². The summed E-state index contributed by atoms with van der Waals surface area (Å²) in [6.07, 6.45) is 1.29. The van der Waals surface area contributed by atoms with E-state index in [0.717, 1.165) is 0 Å². The first kappa shape index (κ1) is 20.9. The summed E-state index contributed by atoms with van der Waals surface area (Å²) in [6.45, 7) is 0. The Kier molecular flexibility index (Phi) is 4.98. The van der Waals surface area contributed by atoms with Crippen molar-refractivity contribution in [3.8, 4) is 34.1 Å². The zero-order chi connectivity index (χ0) is 23.3. The Labute approximate surface area is 192 Å². The van der Waals surface area contributed by atoms with Crippen molar-refractivity contribution in [3.05, 3.63) is 81.2 Å². The molecule has 1 aliphatic rings. The number of benzene rings is 3. The minimum Gasteiger partial charge on any atom is -0.507 e. The van der Waals surface area contributed by atoms with Crippen molar-refractivity contribution < 1.29 is 28.9 Å². The summed E-state index contributed by atoms with van der Waals surface area (Å²) in [4.78, 5) is 25.7. The molecule has 5 rings (SSSR count). The largest absolute Gasteiger partial charge is 0.507 e. The molecule has 0 amide bonds. The van der Waals surface area contributed by atoms with Crippen LogP contribution in [0.3, 0.4) is 0 Å². The monoisotopic (exact) mass is 464 g/mol. The van der Waals surface area contributed by atoms with Crippen LogP contribution in [-0.4, -0.2) is 23.3 Å². The van der Waals surface area contributed by atoms with Gasteiger partial charge in [0.25, 0.3) is 0 Å². The van der Waals surface area contributed by atoms with Crippen LogP contribution in [0.25, 0.3) is 22.1 Å². The molecule has 0 fully saturated rings. The number of halogens is 1. The van der Waals surface area contributed by atoms with Crippen molar-refractivity contribution in [3.63, 3.8) is 0 Å². The third-order valence-electron chi connectivity index (χ3n) is 5.75. The first-order valence-corrected chi connectivity index (χ1v) is 10.4. The number of phenols is 2. The molecule has 3 aromatic carbocycles. The minimum absolute atomic E-state index is 0.0186. The predicted octanol–water partition coefficient (Wildman–Crippen LogP) is 4.97. The summed E-state index contributed by atoms with van der Waals surface area (Å²) >= 11 is 6.09. The average Bonchev–Trinajstić information content (AvgIpc) is 2.80. The molecule has 1 aliphatic heterocycles. The fourth-order valence-corrected chi connectivity index (χ4v) is 4.32. The van der Waals surface area contributed by atoms with Crippen LogP contribution in [-0.2, 0) is 4.79 Å². The van der Waals surface area contributed by atoms with Crippen LogP contribution in [0.4, 0.5) is 0 Å². The molecule has 0 unspecified atom stereocenters. The van der Waals surface area contributed by atoms with Crippen LogP contribution in [0.2, 0.25) is 5.02 Å². The van der Waals surface area contributed by atoms with E-state index in [0.29, 0.717) is 22.4 Å². The van der Waals surface area contributed by atoms with Gasteiger partial charge in [-0.25, -0.2) is 0 Å². The summed E-state index contributed by atoms with van der Waals surface area (Å²) in [5.74, 6) is -0.774. The molecule has 7 nitrogen and oxygen atoms in total. The van der Waals surface area contributed by atoms with E-state index in [9.17, 15) is 19.8 Å². The molecule has 1 atom stereocenters. The highest BCUT2D eigenvalue weighted by molar-refractivity contribution is 6.32. The Morgan fingerprint density at radius 2 is 1.79 bits per heavy atom. The molecule has 4 aromatic rings. The maximum Gasteiger partial charge on any atom is 0.312 e. The molecule has 0 saturated heterocycles. The predicted molar refractivity (Wildman–Crippen MR) is 121 cm³/mol. The van der Waals surface area contributed by atoms with Crippen LogP contribution in [0, 0.1) is 0 Å². The van der Waals surface area contributed by atoms with Gasteiger partial charge in [0.2, 0.25) is 5.43 Å². The van der Waals surface area contributed by atoms with E-state index in [1.807, 2.05) is 0 Å².